The first-order valence-electron chi connectivity index (χ1n) is 8.15. The number of fused-ring (bicyclic) bond motifs is 2. The van der Waals surface area contributed by atoms with Crippen LogP contribution in [0, 0.1) is 0 Å². The Balaban J connectivity index is 1.45. The first-order chi connectivity index (χ1) is 13.1. The van der Waals surface area contributed by atoms with E-state index < -0.39 is 0 Å². The van der Waals surface area contributed by atoms with Crippen molar-refractivity contribution in [1.29, 1.82) is 0 Å². The minimum Gasteiger partial charge on any atom is -0.338 e. The first-order valence-corrected chi connectivity index (χ1v) is 10.0. The molecule has 3 aromatic heterocycles. The Kier molecular flexibility index (Phi) is 4.87. The standard InChI is InChI=1S/C18H15N5O2S2/c1-23(8-14-21-13-5-3-2-4-11(13)16(25)22-14)15(24)9-27-18-12-6-7-26-17(12)19-10-20-18/h2-7,10H,8-9H2,1H3,(H,21,22,25). The second-order valence-corrected chi connectivity index (χ2v) is 7.75. The molecule has 0 atom stereocenters. The summed E-state index contributed by atoms with van der Waals surface area (Å²) in [5.74, 6) is 0.635. The number of nitrogens with one attached hydrogen (secondary N) is 1. The molecule has 1 N–H and O–H groups in total. The number of thiophene rings is 1. The van der Waals surface area contributed by atoms with Crippen LogP contribution in [0.5, 0.6) is 0 Å². The van der Waals surface area contributed by atoms with E-state index in [4.69, 9.17) is 0 Å². The van der Waals surface area contributed by atoms with Crippen LogP contribution in [0.2, 0.25) is 0 Å². The number of rotatable bonds is 5. The average Bonchev–Trinajstić information content (AvgIpc) is 3.15. The Hall–Kier alpha value is -2.78. The third kappa shape index (κ3) is 3.69. The number of aromatic nitrogens is 4. The maximum Gasteiger partial charge on any atom is 0.258 e. The predicted octanol–water partition coefficient (Wildman–Crippen LogP) is 2.68. The monoisotopic (exact) mass is 397 g/mol. The van der Waals surface area contributed by atoms with Crippen LogP contribution in [0.15, 0.2) is 51.9 Å². The summed E-state index contributed by atoms with van der Waals surface area (Å²) in [7, 11) is 1.69. The molecule has 0 saturated carbocycles. The van der Waals surface area contributed by atoms with Crippen molar-refractivity contribution >= 4 is 50.1 Å². The summed E-state index contributed by atoms with van der Waals surface area (Å²) >= 11 is 2.92. The number of amides is 1. The van der Waals surface area contributed by atoms with E-state index in [0.29, 0.717) is 16.7 Å². The van der Waals surface area contributed by atoms with Crippen LogP contribution in [-0.4, -0.2) is 43.5 Å². The van der Waals surface area contributed by atoms with Gasteiger partial charge in [-0.05, 0) is 23.6 Å². The molecule has 0 spiro atoms. The van der Waals surface area contributed by atoms with Crippen molar-refractivity contribution in [3.05, 3.63) is 58.2 Å². The fourth-order valence-corrected chi connectivity index (χ4v) is 4.36. The Morgan fingerprint density at radius 2 is 2.07 bits per heavy atom. The van der Waals surface area contributed by atoms with Gasteiger partial charge in [0.2, 0.25) is 5.91 Å². The summed E-state index contributed by atoms with van der Waals surface area (Å²) in [6.45, 7) is 0.233. The second-order valence-electron chi connectivity index (χ2n) is 5.89. The molecular formula is C18H15N5O2S2. The third-order valence-corrected chi connectivity index (χ3v) is 5.84. The Morgan fingerprint density at radius 3 is 2.96 bits per heavy atom. The van der Waals surface area contributed by atoms with Crippen LogP contribution in [0.3, 0.4) is 0 Å². The zero-order valence-corrected chi connectivity index (χ0v) is 16.0. The molecule has 7 nitrogen and oxygen atoms in total. The molecule has 0 aliphatic carbocycles. The highest BCUT2D eigenvalue weighted by atomic mass is 32.2. The molecule has 0 fully saturated rings. The van der Waals surface area contributed by atoms with Crippen molar-refractivity contribution in [3.8, 4) is 0 Å². The molecule has 136 valence electrons. The summed E-state index contributed by atoms with van der Waals surface area (Å²) in [4.78, 5) is 42.7. The molecule has 3 heterocycles. The van der Waals surface area contributed by atoms with Gasteiger partial charge in [-0.25, -0.2) is 15.0 Å². The maximum atomic E-state index is 12.5. The minimum atomic E-state index is -0.202. The van der Waals surface area contributed by atoms with Crippen molar-refractivity contribution in [2.75, 3.05) is 12.8 Å². The topological polar surface area (TPSA) is 91.8 Å². The van der Waals surface area contributed by atoms with E-state index >= 15 is 0 Å². The van der Waals surface area contributed by atoms with Gasteiger partial charge in [0.15, 0.2) is 0 Å². The van der Waals surface area contributed by atoms with E-state index in [0.717, 1.165) is 15.2 Å². The molecule has 9 heteroatoms. The van der Waals surface area contributed by atoms with Crippen LogP contribution in [0.1, 0.15) is 5.82 Å². The largest absolute Gasteiger partial charge is 0.338 e. The number of nitrogens with zero attached hydrogens (tertiary/aromatic N) is 4. The Morgan fingerprint density at radius 1 is 1.22 bits per heavy atom. The van der Waals surface area contributed by atoms with Gasteiger partial charge in [-0.15, -0.1) is 11.3 Å². The summed E-state index contributed by atoms with van der Waals surface area (Å²) in [6.07, 6.45) is 1.51. The van der Waals surface area contributed by atoms with Gasteiger partial charge in [-0.1, -0.05) is 23.9 Å². The van der Waals surface area contributed by atoms with Gasteiger partial charge >= 0.3 is 0 Å². The molecule has 0 radical (unpaired) electrons. The molecule has 0 saturated heterocycles. The average molecular weight is 397 g/mol. The second kappa shape index (κ2) is 7.45. The number of para-hydroxylation sites is 1. The van der Waals surface area contributed by atoms with E-state index in [9.17, 15) is 9.59 Å². The van der Waals surface area contributed by atoms with Gasteiger partial charge in [-0.2, -0.15) is 0 Å². The van der Waals surface area contributed by atoms with Crippen LogP contribution in [0.4, 0.5) is 0 Å². The van der Waals surface area contributed by atoms with Gasteiger partial charge < -0.3 is 9.88 Å². The molecule has 27 heavy (non-hydrogen) atoms. The summed E-state index contributed by atoms with van der Waals surface area (Å²) in [5.41, 5.74) is 0.416. The number of carbonyl (C=O) groups is 1. The number of thioether (sulfide) groups is 1. The van der Waals surface area contributed by atoms with E-state index in [1.807, 2.05) is 17.5 Å². The van der Waals surface area contributed by atoms with Gasteiger partial charge in [0.25, 0.3) is 5.56 Å². The normalized spacial score (nSPS) is 11.1. The molecule has 0 aliphatic heterocycles. The molecular weight excluding hydrogens is 382 g/mol. The number of hydrogen-bond acceptors (Lipinski definition) is 7. The van der Waals surface area contributed by atoms with Gasteiger partial charge in [-0.3, -0.25) is 9.59 Å². The highest BCUT2D eigenvalue weighted by molar-refractivity contribution is 8.00. The van der Waals surface area contributed by atoms with E-state index in [1.54, 1.807) is 41.5 Å². The van der Waals surface area contributed by atoms with Gasteiger partial charge in [0.05, 0.1) is 23.2 Å². The number of aromatic amines is 1. The van der Waals surface area contributed by atoms with Crippen molar-refractivity contribution < 1.29 is 4.79 Å². The van der Waals surface area contributed by atoms with Crippen molar-refractivity contribution in [2.24, 2.45) is 0 Å². The molecule has 4 aromatic rings. The van der Waals surface area contributed by atoms with Crippen LogP contribution < -0.4 is 5.56 Å². The van der Waals surface area contributed by atoms with Crippen LogP contribution in [0.25, 0.3) is 21.1 Å². The lowest BCUT2D eigenvalue weighted by atomic mass is 10.2. The lowest BCUT2D eigenvalue weighted by Crippen LogP contribution is -2.29. The molecule has 0 aliphatic rings. The number of H-pyrrole nitrogens is 1. The summed E-state index contributed by atoms with van der Waals surface area (Å²) in [5, 5.41) is 4.25. The van der Waals surface area contributed by atoms with Gasteiger partial charge in [0.1, 0.15) is 22.0 Å². The first kappa shape index (κ1) is 17.6. The SMILES string of the molecule is CN(Cc1nc2ccccc2c(=O)[nH]1)C(=O)CSc1ncnc2sccc12. The van der Waals surface area contributed by atoms with Crippen molar-refractivity contribution in [3.63, 3.8) is 0 Å². The van der Waals surface area contributed by atoms with Crippen LogP contribution >= 0.6 is 23.1 Å². The fraction of sp³-hybridized carbons (Fsp3) is 0.167. The highest BCUT2D eigenvalue weighted by Crippen LogP contribution is 2.27. The fourth-order valence-electron chi connectivity index (χ4n) is 2.65. The van der Waals surface area contributed by atoms with Crippen molar-refractivity contribution in [2.45, 2.75) is 11.6 Å². The quantitative estimate of drug-likeness (QED) is 0.411. The molecule has 0 unspecified atom stereocenters. The van der Waals surface area contributed by atoms with E-state index in [1.165, 1.54) is 18.1 Å². The van der Waals surface area contributed by atoms with Crippen LogP contribution in [-0.2, 0) is 11.3 Å². The molecule has 1 amide bonds. The predicted molar refractivity (Wildman–Crippen MR) is 107 cm³/mol. The van der Waals surface area contributed by atoms with E-state index in [-0.39, 0.29) is 23.8 Å². The lowest BCUT2D eigenvalue weighted by Gasteiger charge is -2.16. The molecule has 4 rings (SSSR count). The smallest absolute Gasteiger partial charge is 0.258 e. The molecule has 0 bridgehead atoms. The maximum absolute atomic E-state index is 12.5. The number of hydrogen-bond donors (Lipinski definition) is 1. The Bertz CT molecular complexity index is 1190. The summed E-state index contributed by atoms with van der Waals surface area (Å²) in [6, 6.07) is 9.09. The zero-order chi connectivity index (χ0) is 18.8. The minimum absolute atomic E-state index is 0.0715. The zero-order valence-electron chi connectivity index (χ0n) is 14.4. The number of carbonyl (C=O) groups excluding carboxylic acids is 1. The van der Waals surface area contributed by atoms with E-state index in [2.05, 4.69) is 19.9 Å². The third-order valence-electron chi connectivity index (χ3n) is 4.03. The highest BCUT2D eigenvalue weighted by Gasteiger charge is 2.14. The van der Waals surface area contributed by atoms with Gasteiger partial charge in [0, 0.05) is 12.4 Å². The summed E-state index contributed by atoms with van der Waals surface area (Å²) < 4.78 is 0. The van der Waals surface area contributed by atoms with Crippen molar-refractivity contribution in [1.82, 2.24) is 24.8 Å². The number of benzene rings is 1. The lowest BCUT2D eigenvalue weighted by molar-refractivity contribution is -0.127. The Labute approximate surface area is 162 Å². The molecule has 1 aromatic carbocycles.